The van der Waals surface area contributed by atoms with E-state index in [1.165, 1.54) is 6.20 Å². The number of methoxy groups -OCH3 is 1. The number of amides is 1. The summed E-state index contributed by atoms with van der Waals surface area (Å²) in [5, 5.41) is 17.7. The third-order valence-electron chi connectivity index (χ3n) is 6.49. The van der Waals surface area contributed by atoms with Crippen molar-refractivity contribution in [1.29, 1.82) is 5.26 Å². The van der Waals surface area contributed by atoms with Crippen LogP contribution >= 0.6 is 11.6 Å². The lowest BCUT2D eigenvalue weighted by molar-refractivity contribution is 0.102. The predicted octanol–water partition coefficient (Wildman–Crippen LogP) is 4.50. The number of hydrogen-bond acceptors (Lipinski definition) is 6. The fraction of sp³-hybridized carbons (Fsp3) is 0.346. The largest absolute Gasteiger partial charge is 0.385 e. The molecule has 2 atom stereocenters. The van der Waals surface area contributed by atoms with Crippen LogP contribution in [0, 0.1) is 24.2 Å². The van der Waals surface area contributed by atoms with Gasteiger partial charge in [0, 0.05) is 31.0 Å². The summed E-state index contributed by atoms with van der Waals surface area (Å²) in [6.07, 6.45) is 4.20. The van der Waals surface area contributed by atoms with E-state index in [0.717, 1.165) is 43.8 Å². The van der Waals surface area contributed by atoms with E-state index in [4.69, 9.17) is 22.1 Å². The number of nitrogens with one attached hydrogen (secondary N) is 1. The minimum atomic E-state index is -0.296. The molecule has 1 amide bonds. The van der Waals surface area contributed by atoms with E-state index in [2.05, 4.69) is 21.4 Å². The number of rotatable bonds is 7. The van der Waals surface area contributed by atoms with Crippen molar-refractivity contribution in [3.63, 3.8) is 0 Å². The van der Waals surface area contributed by atoms with Gasteiger partial charge in [0.2, 0.25) is 0 Å². The highest BCUT2D eigenvalue weighted by Gasteiger charge is 2.27. The van der Waals surface area contributed by atoms with Crippen LogP contribution in [0.15, 0.2) is 48.7 Å². The highest BCUT2D eigenvalue weighted by molar-refractivity contribution is 6.30. The first-order valence-electron chi connectivity index (χ1n) is 11.6. The Labute approximate surface area is 210 Å². The van der Waals surface area contributed by atoms with Gasteiger partial charge in [-0.15, -0.1) is 0 Å². The summed E-state index contributed by atoms with van der Waals surface area (Å²) >= 11 is 5.97. The van der Waals surface area contributed by atoms with Gasteiger partial charge in [0.15, 0.2) is 0 Å². The summed E-state index contributed by atoms with van der Waals surface area (Å²) < 4.78 is 6.89. The zero-order valence-electron chi connectivity index (χ0n) is 19.9. The quantitative estimate of drug-likeness (QED) is 0.502. The van der Waals surface area contributed by atoms with Crippen molar-refractivity contribution in [1.82, 2.24) is 9.78 Å². The first-order chi connectivity index (χ1) is 16.9. The van der Waals surface area contributed by atoms with Crippen molar-refractivity contribution >= 4 is 28.9 Å². The Morgan fingerprint density at radius 2 is 2.09 bits per heavy atom. The molecule has 1 aliphatic heterocycles. The van der Waals surface area contributed by atoms with Crippen LogP contribution in [-0.4, -0.2) is 42.1 Å². The molecule has 0 aliphatic carbocycles. The molecule has 3 aromatic rings. The smallest absolute Gasteiger partial charge is 0.259 e. The van der Waals surface area contributed by atoms with Gasteiger partial charge in [-0.25, -0.2) is 4.68 Å². The molecule has 1 aliphatic rings. The molecule has 0 saturated carbocycles. The van der Waals surface area contributed by atoms with Crippen molar-refractivity contribution in [3.8, 4) is 11.8 Å². The molecule has 3 N–H and O–H groups in total. The standard InChI is InChI=1S/C26H29ClN6O2/c1-17-23(16-30-33(17)22-6-3-20(27)4-7-22)26(34)31-21-5-8-24(19(14-21)15-28)32-11-9-18(10-12-35-2)13-25(32)29/h3-8,14,16,18,25H,9-13,29H2,1-2H3,(H,31,34). The van der Waals surface area contributed by atoms with E-state index in [9.17, 15) is 10.1 Å². The molecule has 0 radical (unpaired) electrons. The lowest BCUT2D eigenvalue weighted by Gasteiger charge is -2.39. The Kier molecular flexibility index (Phi) is 7.71. The van der Waals surface area contributed by atoms with Crippen LogP contribution < -0.4 is 16.0 Å². The SMILES string of the molecule is COCCC1CCN(c2ccc(NC(=O)c3cnn(-c4ccc(Cl)cc4)c3C)cc2C#N)C(N)C1. The Hall–Kier alpha value is -3.38. The molecule has 0 spiro atoms. The van der Waals surface area contributed by atoms with E-state index in [1.54, 1.807) is 36.1 Å². The molecular weight excluding hydrogens is 464 g/mol. The maximum atomic E-state index is 13.0. The highest BCUT2D eigenvalue weighted by atomic mass is 35.5. The normalized spacial score (nSPS) is 17.7. The van der Waals surface area contributed by atoms with E-state index in [0.29, 0.717) is 33.4 Å². The molecule has 182 valence electrons. The Balaban J connectivity index is 1.48. The molecule has 0 bridgehead atoms. The van der Waals surface area contributed by atoms with E-state index in [-0.39, 0.29) is 12.1 Å². The summed E-state index contributed by atoms with van der Waals surface area (Å²) in [7, 11) is 1.71. The monoisotopic (exact) mass is 492 g/mol. The number of carbonyl (C=O) groups is 1. The third-order valence-corrected chi connectivity index (χ3v) is 6.75. The Morgan fingerprint density at radius 3 is 2.77 bits per heavy atom. The van der Waals surface area contributed by atoms with Gasteiger partial charge in [0.1, 0.15) is 6.07 Å². The fourth-order valence-corrected chi connectivity index (χ4v) is 4.67. The van der Waals surface area contributed by atoms with Crippen molar-refractivity contribution in [2.24, 2.45) is 11.7 Å². The van der Waals surface area contributed by atoms with Crippen LogP contribution in [0.4, 0.5) is 11.4 Å². The van der Waals surface area contributed by atoms with Gasteiger partial charge < -0.3 is 20.7 Å². The Bertz CT molecular complexity index is 1230. The molecule has 2 heterocycles. The molecular formula is C26H29ClN6O2. The lowest BCUT2D eigenvalue weighted by Crippen LogP contribution is -2.48. The number of piperidine rings is 1. The molecule has 8 nitrogen and oxygen atoms in total. The molecule has 2 aromatic carbocycles. The Morgan fingerprint density at radius 1 is 1.31 bits per heavy atom. The number of nitrogens with two attached hydrogens (primary N) is 1. The fourth-order valence-electron chi connectivity index (χ4n) is 4.55. The van der Waals surface area contributed by atoms with Crippen molar-refractivity contribution in [2.75, 3.05) is 30.5 Å². The summed E-state index contributed by atoms with van der Waals surface area (Å²) in [5.74, 6) is 0.220. The average molecular weight is 493 g/mol. The maximum absolute atomic E-state index is 13.0. The van der Waals surface area contributed by atoms with Gasteiger partial charge in [-0.2, -0.15) is 10.4 Å². The zero-order valence-corrected chi connectivity index (χ0v) is 20.6. The summed E-state index contributed by atoms with van der Waals surface area (Å²) in [6, 6.07) is 14.8. The summed E-state index contributed by atoms with van der Waals surface area (Å²) in [5.41, 5.74) is 10.2. The van der Waals surface area contributed by atoms with Crippen LogP contribution in [0.2, 0.25) is 5.02 Å². The van der Waals surface area contributed by atoms with Crippen molar-refractivity contribution in [3.05, 3.63) is 70.5 Å². The maximum Gasteiger partial charge on any atom is 0.259 e. The molecule has 4 rings (SSSR count). The zero-order chi connectivity index (χ0) is 24.9. The van der Waals surface area contributed by atoms with Crippen LogP contribution in [0.3, 0.4) is 0 Å². The summed E-state index contributed by atoms with van der Waals surface area (Å²) in [6.45, 7) is 3.34. The number of carbonyl (C=O) groups excluding carboxylic acids is 1. The first kappa shape index (κ1) is 24.7. The third kappa shape index (κ3) is 5.49. The minimum absolute atomic E-state index is 0.167. The lowest BCUT2D eigenvalue weighted by atomic mass is 9.91. The molecule has 1 saturated heterocycles. The van der Waals surface area contributed by atoms with Crippen LogP contribution in [0.25, 0.3) is 5.69 Å². The van der Waals surface area contributed by atoms with Crippen molar-refractivity contribution < 1.29 is 9.53 Å². The first-order valence-corrected chi connectivity index (χ1v) is 12.0. The van der Waals surface area contributed by atoms with E-state index >= 15 is 0 Å². The number of nitriles is 1. The van der Waals surface area contributed by atoms with Crippen LogP contribution in [-0.2, 0) is 4.74 Å². The van der Waals surface area contributed by atoms with Gasteiger partial charge in [-0.05, 0) is 74.6 Å². The molecule has 2 unspecified atom stereocenters. The van der Waals surface area contributed by atoms with Crippen LogP contribution in [0.1, 0.15) is 40.9 Å². The second-order valence-corrected chi connectivity index (χ2v) is 9.20. The highest BCUT2D eigenvalue weighted by Crippen LogP contribution is 2.31. The van der Waals surface area contributed by atoms with E-state index < -0.39 is 0 Å². The predicted molar refractivity (Wildman–Crippen MR) is 137 cm³/mol. The van der Waals surface area contributed by atoms with Gasteiger partial charge in [0.05, 0.1) is 40.6 Å². The number of nitrogens with zero attached hydrogens (tertiary/aromatic N) is 4. The number of halogens is 1. The number of aromatic nitrogens is 2. The van der Waals surface area contributed by atoms with Crippen LogP contribution in [0.5, 0.6) is 0 Å². The molecule has 1 aromatic heterocycles. The number of anilines is 2. The van der Waals surface area contributed by atoms with Gasteiger partial charge in [-0.1, -0.05) is 11.6 Å². The topological polar surface area (TPSA) is 109 Å². The molecule has 9 heteroatoms. The summed E-state index contributed by atoms with van der Waals surface area (Å²) in [4.78, 5) is 15.1. The van der Waals surface area contributed by atoms with Gasteiger partial charge in [-0.3, -0.25) is 4.79 Å². The van der Waals surface area contributed by atoms with Gasteiger partial charge in [0.25, 0.3) is 5.91 Å². The molecule has 35 heavy (non-hydrogen) atoms. The average Bonchev–Trinajstić information content (AvgIpc) is 3.24. The number of ether oxygens (including phenoxy) is 1. The number of hydrogen-bond donors (Lipinski definition) is 2. The van der Waals surface area contributed by atoms with Crippen molar-refractivity contribution in [2.45, 2.75) is 32.4 Å². The van der Waals surface area contributed by atoms with E-state index in [1.807, 2.05) is 25.1 Å². The van der Waals surface area contributed by atoms with Gasteiger partial charge >= 0.3 is 0 Å². The second-order valence-electron chi connectivity index (χ2n) is 8.76. The number of benzene rings is 2. The minimum Gasteiger partial charge on any atom is -0.385 e. The second kappa shape index (κ2) is 10.9. The molecule has 1 fully saturated rings.